The zero-order valence-corrected chi connectivity index (χ0v) is 14.5. The van der Waals surface area contributed by atoms with Crippen molar-refractivity contribution >= 4 is 5.91 Å². The number of aliphatic hydroxyl groups excluding tert-OH is 1. The van der Waals surface area contributed by atoms with E-state index in [-0.39, 0.29) is 30.2 Å². The van der Waals surface area contributed by atoms with Gasteiger partial charge in [0.05, 0.1) is 0 Å². The lowest BCUT2D eigenvalue weighted by atomic mass is 9.93. The Bertz CT molecular complexity index is 688. The third kappa shape index (κ3) is 5.09. The van der Waals surface area contributed by atoms with Crippen LogP contribution in [0.15, 0.2) is 34.9 Å². The molecule has 130 valence electrons. The fourth-order valence-corrected chi connectivity index (χ4v) is 1.99. The van der Waals surface area contributed by atoms with Gasteiger partial charge in [0.1, 0.15) is 24.2 Å². The van der Waals surface area contributed by atoms with Crippen LogP contribution in [0, 0.1) is 6.92 Å². The Labute approximate surface area is 141 Å². The third-order valence-corrected chi connectivity index (χ3v) is 3.41. The van der Waals surface area contributed by atoms with Gasteiger partial charge in [0.2, 0.25) is 0 Å². The number of aryl methyl sites for hydroxylation is 1. The molecule has 0 spiro atoms. The summed E-state index contributed by atoms with van der Waals surface area (Å²) in [4.78, 5) is 12.0. The van der Waals surface area contributed by atoms with Crippen LogP contribution in [0.5, 0.6) is 5.75 Å². The second-order valence-electron chi connectivity index (χ2n) is 6.82. The highest BCUT2D eigenvalue weighted by Crippen LogP contribution is 2.22. The number of ether oxygens (including phenoxy) is 1. The molecule has 0 aliphatic rings. The van der Waals surface area contributed by atoms with Crippen molar-refractivity contribution in [3.63, 3.8) is 0 Å². The van der Waals surface area contributed by atoms with Crippen molar-refractivity contribution in [1.82, 2.24) is 10.5 Å². The molecule has 0 saturated carbocycles. The minimum atomic E-state index is -0.816. The maximum atomic E-state index is 12.0. The quantitative estimate of drug-likeness (QED) is 0.849. The molecule has 24 heavy (non-hydrogen) atoms. The van der Waals surface area contributed by atoms with E-state index in [4.69, 9.17) is 9.26 Å². The molecule has 1 unspecified atom stereocenters. The zero-order chi connectivity index (χ0) is 17.7. The normalized spacial score (nSPS) is 12.7. The number of benzene rings is 1. The summed E-state index contributed by atoms with van der Waals surface area (Å²) in [6.07, 6.45) is -0.816. The SMILES string of the molecule is Cc1cccc(OCC(O)CNC(=O)c2cc(C(C)(C)C)on2)c1. The van der Waals surface area contributed by atoms with Crippen molar-refractivity contribution in [2.75, 3.05) is 13.2 Å². The van der Waals surface area contributed by atoms with E-state index in [1.54, 1.807) is 6.07 Å². The smallest absolute Gasteiger partial charge is 0.273 e. The van der Waals surface area contributed by atoms with Gasteiger partial charge in [-0.05, 0) is 24.6 Å². The molecule has 1 aromatic carbocycles. The van der Waals surface area contributed by atoms with Crippen LogP contribution in [0.3, 0.4) is 0 Å². The van der Waals surface area contributed by atoms with Gasteiger partial charge in [-0.1, -0.05) is 38.1 Å². The predicted molar refractivity (Wildman–Crippen MR) is 90.2 cm³/mol. The minimum absolute atomic E-state index is 0.0718. The molecule has 0 saturated heterocycles. The van der Waals surface area contributed by atoms with Crippen LogP contribution in [-0.2, 0) is 5.41 Å². The number of carbonyl (C=O) groups is 1. The Morgan fingerprint density at radius 2 is 2.12 bits per heavy atom. The van der Waals surface area contributed by atoms with Gasteiger partial charge in [0.15, 0.2) is 5.69 Å². The lowest BCUT2D eigenvalue weighted by molar-refractivity contribution is 0.0836. The average molecular weight is 332 g/mol. The van der Waals surface area contributed by atoms with Crippen LogP contribution >= 0.6 is 0 Å². The van der Waals surface area contributed by atoms with E-state index in [2.05, 4.69) is 10.5 Å². The Morgan fingerprint density at radius 1 is 1.38 bits per heavy atom. The van der Waals surface area contributed by atoms with Crippen molar-refractivity contribution in [3.8, 4) is 5.75 Å². The first-order chi connectivity index (χ1) is 11.3. The largest absolute Gasteiger partial charge is 0.491 e. The van der Waals surface area contributed by atoms with E-state index in [0.717, 1.165) is 5.56 Å². The molecule has 1 aromatic heterocycles. The van der Waals surface area contributed by atoms with Crippen molar-refractivity contribution < 1.29 is 19.2 Å². The lowest BCUT2D eigenvalue weighted by Crippen LogP contribution is -2.35. The number of rotatable bonds is 6. The lowest BCUT2D eigenvalue weighted by Gasteiger charge is -2.13. The highest BCUT2D eigenvalue weighted by Gasteiger charge is 2.22. The van der Waals surface area contributed by atoms with Gasteiger partial charge in [-0.3, -0.25) is 4.79 Å². The molecule has 0 aliphatic carbocycles. The first-order valence-corrected chi connectivity index (χ1v) is 7.88. The topological polar surface area (TPSA) is 84.6 Å². The van der Waals surface area contributed by atoms with Gasteiger partial charge in [-0.2, -0.15) is 0 Å². The number of aliphatic hydroxyl groups is 1. The first-order valence-electron chi connectivity index (χ1n) is 7.88. The molecule has 1 atom stereocenters. The van der Waals surface area contributed by atoms with Gasteiger partial charge in [-0.25, -0.2) is 0 Å². The van der Waals surface area contributed by atoms with E-state index in [1.165, 1.54) is 0 Å². The fraction of sp³-hybridized carbons (Fsp3) is 0.444. The molecule has 1 heterocycles. The number of nitrogens with one attached hydrogen (secondary N) is 1. The van der Waals surface area contributed by atoms with E-state index < -0.39 is 6.10 Å². The van der Waals surface area contributed by atoms with Crippen molar-refractivity contribution in [3.05, 3.63) is 47.3 Å². The van der Waals surface area contributed by atoms with Crippen molar-refractivity contribution in [2.45, 2.75) is 39.2 Å². The van der Waals surface area contributed by atoms with Gasteiger partial charge in [0.25, 0.3) is 5.91 Å². The number of aromatic nitrogens is 1. The van der Waals surface area contributed by atoms with Crippen LogP contribution < -0.4 is 10.1 Å². The second-order valence-corrected chi connectivity index (χ2v) is 6.82. The Kier molecular flexibility index (Phi) is 5.62. The van der Waals surface area contributed by atoms with E-state index in [0.29, 0.717) is 11.5 Å². The van der Waals surface area contributed by atoms with Gasteiger partial charge in [0, 0.05) is 18.0 Å². The van der Waals surface area contributed by atoms with Crippen LogP contribution in [0.4, 0.5) is 0 Å². The summed E-state index contributed by atoms with van der Waals surface area (Å²) >= 11 is 0. The second kappa shape index (κ2) is 7.49. The van der Waals surface area contributed by atoms with Gasteiger partial charge in [-0.15, -0.1) is 0 Å². The first kappa shape index (κ1) is 18.0. The fourth-order valence-electron chi connectivity index (χ4n) is 1.99. The Balaban J connectivity index is 1.79. The molecule has 0 bridgehead atoms. The standard InChI is InChI=1S/C18H24N2O4/c1-12-6-5-7-14(8-12)23-11-13(21)10-19-17(22)15-9-16(24-20-15)18(2,3)4/h5-9,13,21H,10-11H2,1-4H3,(H,19,22). The predicted octanol–water partition coefficient (Wildman–Crippen LogP) is 2.45. The summed E-state index contributed by atoms with van der Waals surface area (Å²) in [5.74, 6) is 0.937. The van der Waals surface area contributed by atoms with Crippen LogP contribution in [0.2, 0.25) is 0 Å². The van der Waals surface area contributed by atoms with E-state index in [9.17, 15) is 9.90 Å². The maximum absolute atomic E-state index is 12.0. The minimum Gasteiger partial charge on any atom is -0.491 e. The molecular weight excluding hydrogens is 308 g/mol. The summed E-state index contributed by atoms with van der Waals surface area (Å²) < 4.78 is 10.7. The van der Waals surface area contributed by atoms with E-state index >= 15 is 0 Å². The molecule has 0 radical (unpaired) electrons. The van der Waals surface area contributed by atoms with Crippen LogP contribution in [-0.4, -0.2) is 35.4 Å². The summed E-state index contributed by atoms with van der Waals surface area (Å²) in [7, 11) is 0. The summed E-state index contributed by atoms with van der Waals surface area (Å²) in [6.45, 7) is 8.05. The molecule has 0 fully saturated rings. The Hall–Kier alpha value is -2.34. The molecule has 2 aromatic rings. The van der Waals surface area contributed by atoms with Crippen molar-refractivity contribution in [2.24, 2.45) is 0 Å². The summed E-state index contributed by atoms with van der Waals surface area (Å²) in [5, 5.41) is 16.3. The Morgan fingerprint density at radius 3 is 2.75 bits per heavy atom. The third-order valence-electron chi connectivity index (χ3n) is 3.41. The van der Waals surface area contributed by atoms with Crippen molar-refractivity contribution in [1.29, 1.82) is 0 Å². The maximum Gasteiger partial charge on any atom is 0.273 e. The number of hydrogen-bond donors (Lipinski definition) is 2. The number of carbonyl (C=O) groups excluding carboxylic acids is 1. The molecule has 2 N–H and O–H groups in total. The van der Waals surface area contributed by atoms with Crippen LogP contribution in [0.1, 0.15) is 42.6 Å². The van der Waals surface area contributed by atoms with Crippen LogP contribution in [0.25, 0.3) is 0 Å². The molecular formula is C18H24N2O4. The molecule has 0 aliphatic heterocycles. The summed E-state index contributed by atoms with van der Waals surface area (Å²) in [5.41, 5.74) is 1.06. The number of hydrogen-bond acceptors (Lipinski definition) is 5. The number of nitrogens with zero attached hydrogens (tertiary/aromatic N) is 1. The zero-order valence-electron chi connectivity index (χ0n) is 14.5. The highest BCUT2D eigenvalue weighted by molar-refractivity contribution is 5.92. The van der Waals surface area contributed by atoms with Gasteiger partial charge < -0.3 is 19.7 Å². The van der Waals surface area contributed by atoms with E-state index in [1.807, 2.05) is 52.0 Å². The molecule has 2 rings (SSSR count). The molecule has 6 nitrogen and oxygen atoms in total. The number of amides is 1. The van der Waals surface area contributed by atoms with Gasteiger partial charge >= 0.3 is 0 Å². The monoisotopic (exact) mass is 332 g/mol. The summed E-state index contributed by atoms with van der Waals surface area (Å²) in [6, 6.07) is 9.17. The highest BCUT2D eigenvalue weighted by atomic mass is 16.5. The molecule has 1 amide bonds. The molecule has 6 heteroatoms. The average Bonchev–Trinajstić information content (AvgIpc) is 3.01.